The largest absolute Gasteiger partial charge is 0.391 e. The lowest BCUT2D eigenvalue weighted by Gasteiger charge is -2.30. The van der Waals surface area contributed by atoms with Crippen molar-refractivity contribution in [3.8, 4) is 0 Å². The van der Waals surface area contributed by atoms with Crippen LogP contribution in [0.3, 0.4) is 0 Å². The van der Waals surface area contributed by atoms with Gasteiger partial charge in [0.05, 0.1) is 12.7 Å². The van der Waals surface area contributed by atoms with Crippen molar-refractivity contribution in [1.82, 2.24) is 10.6 Å². The van der Waals surface area contributed by atoms with Crippen LogP contribution in [-0.4, -0.2) is 48.8 Å². The van der Waals surface area contributed by atoms with Crippen molar-refractivity contribution < 1.29 is 19.4 Å². The van der Waals surface area contributed by atoms with Gasteiger partial charge in [-0.15, -0.1) is 0 Å². The molecule has 7 heteroatoms. The third-order valence-electron chi connectivity index (χ3n) is 6.87. The number of hydrogen-bond acceptors (Lipinski definition) is 5. The van der Waals surface area contributed by atoms with Gasteiger partial charge in [0, 0.05) is 37.2 Å². The molecule has 0 aliphatic heterocycles. The van der Waals surface area contributed by atoms with Gasteiger partial charge < -0.3 is 26.2 Å². The molecule has 4 atom stereocenters. The van der Waals surface area contributed by atoms with E-state index in [1.807, 2.05) is 38.1 Å². The number of carbonyl (C=O) groups is 2. The summed E-state index contributed by atoms with van der Waals surface area (Å²) in [6.07, 6.45) is 2.99. The summed E-state index contributed by atoms with van der Waals surface area (Å²) in [4.78, 5) is 25.6. The van der Waals surface area contributed by atoms with E-state index in [4.69, 9.17) is 10.5 Å². The van der Waals surface area contributed by atoms with Gasteiger partial charge in [0.25, 0.3) is 5.91 Å². The summed E-state index contributed by atoms with van der Waals surface area (Å²) >= 11 is 0. The number of hydrogen-bond donors (Lipinski definition) is 4. The van der Waals surface area contributed by atoms with Crippen molar-refractivity contribution >= 4 is 11.8 Å². The van der Waals surface area contributed by atoms with Crippen LogP contribution in [0.1, 0.15) is 89.6 Å². The number of nitrogens with one attached hydrogen (secondary N) is 2. The highest BCUT2D eigenvalue weighted by atomic mass is 16.5. The normalized spacial score (nSPS) is 14.9. The van der Waals surface area contributed by atoms with Crippen molar-refractivity contribution in [2.45, 2.75) is 92.4 Å². The second-order valence-corrected chi connectivity index (χ2v) is 10.6. The van der Waals surface area contributed by atoms with E-state index in [2.05, 4.69) is 38.3 Å². The summed E-state index contributed by atoms with van der Waals surface area (Å²) in [6.45, 7) is 14.5. The lowest BCUT2D eigenvalue weighted by molar-refractivity contribution is -0.127. The maximum absolute atomic E-state index is 13.0. The molecule has 1 aromatic rings. The maximum Gasteiger partial charge on any atom is 0.251 e. The highest BCUT2D eigenvalue weighted by molar-refractivity contribution is 5.95. The molecule has 0 aromatic heterocycles. The van der Waals surface area contributed by atoms with E-state index >= 15 is 0 Å². The fraction of sp³-hybridized carbons (Fsp3) is 0.724. The summed E-state index contributed by atoms with van der Waals surface area (Å²) in [5.74, 6) is 0.0394. The summed E-state index contributed by atoms with van der Waals surface area (Å²) in [6, 6.07) is 7.02. The maximum atomic E-state index is 13.0. The van der Waals surface area contributed by atoms with Crippen molar-refractivity contribution in [2.75, 3.05) is 19.7 Å². The smallest absolute Gasteiger partial charge is 0.251 e. The van der Waals surface area contributed by atoms with Crippen LogP contribution in [0.25, 0.3) is 0 Å². The zero-order valence-electron chi connectivity index (χ0n) is 23.4. The van der Waals surface area contributed by atoms with Gasteiger partial charge in [-0.2, -0.15) is 0 Å². The predicted octanol–water partition coefficient (Wildman–Crippen LogP) is 4.27. The molecule has 5 N–H and O–H groups in total. The third-order valence-corrected chi connectivity index (χ3v) is 6.87. The minimum atomic E-state index is -0.789. The van der Waals surface area contributed by atoms with E-state index in [0.29, 0.717) is 44.7 Å². The molecule has 36 heavy (non-hydrogen) atoms. The van der Waals surface area contributed by atoms with E-state index in [1.54, 1.807) is 0 Å². The first-order valence-electron chi connectivity index (χ1n) is 13.8. The number of aliphatic hydroxyl groups is 1. The average molecular weight is 506 g/mol. The number of benzene rings is 1. The molecule has 0 aliphatic carbocycles. The average Bonchev–Trinajstić information content (AvgIpc) is 2.84. The quantitative estimate of drug-likeness (QED) is 0.223. The van der Waals surface area contributed by atoms with E-state index in [-0.39, 0.29) is 35.5 Å². The van der Waals surface area contributed by atoms with Crippen molar-refractivity contribution in [3.63, 3.8) is 0 Å². The summed E-state index contributed by atoms with van der Waals surface area (Å²) < 4.78 is 5.64. The molecule has 0 aliphatic rings. The van der Waals surface area contributed by atoms with E-state index in [1.165, 1.54) is 0 Å². The highest BCUT2D eigenvalue weighted by Gasteiger charge is 2.29. The van der Waals surface area contributed by atoms with Crippen molar-refractivity contribution in [1.29, 1.82) is 0 Å². The fourth-order valence-electron chi connectivity index (χ4n) is 4.25. The third kappa shape index (κ3) is 11.4. The van der Waals surface area contributed by atoms with E-state index in [0.717, 1.165) is 24.8 Å². The number of aliphatic hydroxyl groups excluding tert-OH is 1. The van der Waals surface area contributed by atoms with E-state index < -0.39 is 12.1 Å². The SMILES string of the molecule is CCCCNC(=O)[C@@H](C[C@H](O)[C@@H](N)CC(CNC(=O)c1ccccc1COCCC)C(C)C)C(C)C. The molecule has 0 heterocycles. The predicted molar refractivity (Wildman–Crippen MR) is 147 cm³/mol. The van der Waals surface area contributed by atoms with Crippen LogP contribution >= 0.6 is 0 Å². The summed E-state index contributed by atoms with van der Waals surface area (Å²) in [5.41, 5.74) is 7.91. The molecule has 206 valence electrons. The molecule has 1 aromatic carbocycles. The Balaban J connectivity index is 2.72. The van der Waals surface area contributed by atoms with Gasteiger partial charge in [-0.25, -0.2) is 0 Å². The minimum absolute atomic E-state index is 0.0149. The first-order chi connectivity index (χ1) is 17.1. The van der Waals surface area contributed by atoms with Crippen LogP contribution in [0.5, 0.6) is 0 Å². The van der Waals surface area contributed by atoms with Crippen LogP contribution in [0.4, 0.5) is 0 Å². The lowest BCUT2D eigenvalue weighted by Crippen LogP contribution is -2.44. The Hall–Kier alpha value is -1.96. The first kappa shape index (κ1) is 32.1. The van der Waals surface area contributed by atoms with Gasteiger partial charge in [-0.3, -0.25) is 9.59 Å². The molecule has 0 fully saturated rings. The molecule has 0 spiro atoms. The number of rotatable bonds is 18. The van der Waals surface area contributed by atoms with Crippen molar-refractivity contribution in [2.24, 2.45) is 29.4 Å². The van der Waals surface area contributed by atoms with Crippen LogP contribution in [0.15, 0.2) is 24.3 Å². The van der Waals surface area contributed by atoms with Crippen LogP contribution in [0.2, 0.25) is 0 Å². The Kier molecular flexibility index (Phi) is 15.6. The van der Waals surface area contributed by atoms with Gasteiger partial charge in [-0.05, 0) is 55.1 Å². The van der Waals surface area contributed by atoms with E-state index in [9.17, 15) is 14.7 Å². The number of amides is 2. The van der Waals surface area contributed by atoms with Crippen molar-refractivity contribution in [3.05, 3.63) is 35.4 Å². The Morgan fingerprint density at radius 3 is 2.31 bits per heavy atom. The molecule has 0 saturated heterocycles. The van der Waals surface area contributed by atoms with Crippen LogP contribution in [0, 0.1) is 23.7 Å². The Bertz CT molecular complexity index is 769. The molecular weight excluding hydrogens is 454 g/mol. The second-order valence-electron chi connectivity index (χ2n) is 10.6. The van der Waals surface area contributed by atoms with Gasteiger partial charge in [0.1, 0.15) is 0 Å². The molecule has 2 amide bonds. The monoisotopic (exact) mass is 505 g/mol. The standard InChI is InChI=1S/C29H51N3O4/c1-7-9-14-31-29(35)25(21(5)6)17-27(33)26(30)16-23(20(3)4)18-32-28(34)24-13-11-10-12-22(24)19-36-15-8-2/h10-13,20-21,23,25-27,33H,7-9,14-19,30H2,1-6H3,(H,31,35)(H,32,34)/t23?,25-,26-,27-/m0/s1. The minimum Gasteiger partial charge on any atom is -0.391 e. The molecule has 7 nitrogen and oxygen atoms in total. The molecule has 0 bridgehead atoms. The topological polar surface area (TPSA) is 114 Å². The van der Waals surface area contributed by atoms with Gasteiger partial charge in [0.15, 0.2) is 0 Å². The Labute approximate surface area is 218 Å². The summed E-state index contributed by atoms with van der Waals surface area (Å²) in [7, 11) is 0. The lowest BCUT2D eigenvalue weighted by atomic mass is 9.83. The van der Waals surface area contributed by atoms with Crippen LogP contribution in [-0.2, 0) is 16.1 Å². The zero-order chi connectivity index (χ0) is 27.1. The number of unbranched alkanes of at least 4 members (excludes halogenated alkanes) is 1. The number of ether oxygens (including phenoxy) is 1. The first-order valence-corrected chi connectivity index (χ1v) is 13.8. The molecule has 0 saturated carbocycles. The highest BCUT2D eigenvalue weighted by Crippen LogP contribution is 2.23. The fourth-order valence-corrected chi connectivity index (χ4v) is 4.25. The van der Waals surface area contributed by atoms with Crippen LogP contribution < -0.4 is 16.4 Å². The van der Waals surface area contributed by atoms with Gasteiger partial charge in [-0.1, -0.05) is 66.2 Å². The summed E-state index contributed by atoms with van der Waals surface area (Å²) in [5, 5.41) is 16.9. The van der Waals surface area contributed by atoms with Gasteiger partial charge >= 0.3 is 0 Å². The number of carbonyl (C=O) groups excluding carboxylic acids is 2. The second kappa shape index (κ2) is 17.5. The van der Waals surface area contributed by atoms with Gasteiger partial charge in [0.2, 0.25) is 5.91 Å². The number of nitrogens with two attached hydrogens (primary N) is 1. The zero-order valence-corrected chi connectivity index (χ0v) is 23.4. The molecule has 0 radical (unpaired) electrons. The molecule has 1 unspecified atom stereocenters. The molecule has 1 rings (SSSR count). The molecular formula is C29H51N3O4. The Morgan fingerprint density at radius 2 is 1.69 bits per heavy atom. The Morgan fingerprint density at radius 1 is 1.00 bits per heavy atom.